The van der Waals surface area contributed by atoms with Crippen LogP contribution in [0, 0.1) is 6.92 Å². The highest BCUT2D eigenvalue weighted by Gasteiger charge is 2.11. The predicted molar refractivity (Wildman–Crippen MR) is 102 cm³/mol. The SMILES string of the molecule is COc1ccc(Cl)cc1NC(=O)c1cnc(Nc2cccc(C)c2)nc1. The maximum atomic E-state index is 12.4. The minimum atomic E-state index is -0.354. The second kappa shape index (κ2) is 7.84. The van der Waals surface area contributed by atoms with Crippen molar-refractivity contribution in [2.75, 3.05) is 17.7 Å². The highest BCUT2D eigenvalue weighted by molar-refractivity contribution is 6.31. The molecule has 0 saturated heterocycles. The van der Waals surface area contributed by atoms with Crippen molar-refractivity contribution in [1.82, 2.24) is 9.97 Å². The van der Waals surface area contributed by atoms with Crippen molar-refractivity contribution >= 4 is 34.8 Å². The number of amides is 1. The second-order valence-corrected chi connectivity index (χ2v) is 6.02. The summed E-state index contributed by atoms with van der Waals surface area (Å²) in [7, 11) is 1.52. The van der Waals surface area contributed by atoms with E-state index in [9.17, 15) is 4.79 Å². The van der Waals surface area contributed by atoms with Crippen LogP contribution in [0.15, 0.2) is 54.9 Å². The highest BCUT2D eigenvalue weighted by atomic mass is 35.5. The van der Waals surface area contributed by atoms with Gasteiger partial charge in [0.15, 0.2) is 0 Å². The number of halogens is 1. The lowest BCUT2D eigenvalue weighted by Gasteiger charge is -2.10. The summed E-state index contributed by atoms with van der Waals surface area (Å²) < 4.78 is 5.22. The quantitative estimate of drug-likeness (QED) is 0.696. The van der Waals surface area contributed by atoms with Crippen molar-refractivity contribution in [2.24, 2.45) is 0 Å². The summed E-state index contributed by atoms with van der Waals surface area (Å²) in [6, 6.07) is 12.8. The first kappa shape index (κ1) is 17.7. The van der Waals surface area contributed by atoms with Crippen LogP contribution in [0.1, 0.15) is 15.9 Å². The number of methoxy groups -OCH3 is 1. The molecular formula is C19H17ClN4O2. The van der Waals surface area contributed by atoms with Gasteiger partial charge < -0.3 is 15.4 Å². The van der Waals surface area contributed by atoms with Gasteiger partial charge in [-0.2, -0.15) is 0 Å². The van der Waals surface area contributed by atoms with Crippen molar-refractivity contribution in [3.05, 3.63) is 71.0 Å². The van der Waals surface area contributed by atoms with Gasteiger partial charge in [0.1, 0.15) is 5.75 Å². The zero-order valence-corrected chi connectivity index (χ0v) is 15.0. The van der Waals surface area contributed by atoms with Crippen molar-refractivity contribution in [3.8, 4) is 5.75 Å². The van der Waals surface area contributed by atoms with Crippen molar-refractivity contribution in [3.63, 3.8) is 0 Å². The van der Waals surface area contributed by atoms with E-state index in [2.05, 4.69) is 20.6 Å². The van der Waals surface area contributed by atoms with Crippen LogP contribution in [0.4, 0.5) is 17.3 Å². The van der Waals surface area contributed by atoms with Gasteiger partial charge in [0.2, 0.25) is 5.95 Å². The molecule has 0 fully saturated rings. The fourth-order valence-electron chi connectivity index (χ4n) is 2.33. The number of hydrogen-bond donors (Lipinski definition) is 2. The van der Waals surface area contributed by atoms with E-state index >= 15 is 0 Å². The Balaban J connectivity index is 1.72. The molecule has 0 aliphatic carbocycles. The minimum Gasteiger partial charge on any atom is -0.495 e. The summed E-state index contributed by atoms with van der Waals surface area (Å²) in [5, 5.41) is 6.34. The number of aryl methyl sites for hydroxylation is 1. The van der Waals surface area contributed by atoms with E-state index in [-0.39, 0.29) is 5.91 Å². The van der Waals surface area contributed by atoms with E-state index < -0.39 is 0 Å². The van der Waals surface area contributed by atoms with Gasteiger partial charge in [0, 0.05) is 23.1 Å². The molecule has 0 aliphatic rings. The molecule has 1 aromatic heterocycles. The van der Waals surface area contributed by atoms with Gasteiger partial charge in [-0.3, -0.25) is 4.79 Å². The Morgan fingerprint density at radius 1 is 1.12 bits per heavy atom. The molecule has 26 heavy (non-hydrogen) atoms. The van der Waals surface area contributed by atoms with Crippen molar-refractivity contribution in [2.45, 2.75) is 6.92 Å². The fourth-order valence-corrected chi connectivity index (χ4v) is 2.51. The monoisotopic (exact) mass is 368 g/mol. The summed E-state index contributed by atoms with van der Waals surface area (Å²) in [5.41, 5.74) is 2.81. The fraction of sp³-hybridized carbons (Fsp3) is 0.105. The Hall–Kier alpha value is -3.12. The third-order valence-corrected chi connectivity index (χ3v) is 3.83. The number of aromatic nitrogens is 2. The molecule has 0 bridgehead atoms. The molecule has 0 atom stereocenters. The Morgan fingerprint density at radius 2 is 1.88 bits per heavy atom. The van der Waals surface area contributed by atoms with Crippen molar-refractivity contribution in [1.29, 1.82) is 0 Å². The smallest absolute Gasteiger partial charge is 0.258 e. The zero-order valence-electron chi connectivity index (χ0n) is 14.3. The number of nitrogens with zero attached hydrogens (tertiary/aromatic N) is 2. The molecule has 1 heterocycles. The number of rotatable bonds is 5. The Bertz CT molecular complexity index is 929. The number of carbonyl (C=O) groups is 1. The van der Waals surface area contributed by atoms with Crippen LogP contribution in [0.25, 0.3) is 0 Å². The standard InChI is InChI=1S/C19H17ClN4O2/c1-12-4-3-5-15(8-12)23-19-21-10-13(11-22-19)18(25)24-16-9-14(20)6-7-17(16)26-2/h3-11H,1-2H3,(H,24,25)(H,21,22,23). The maximum absolute atomic E-state index is 12.4. The molecular weight excluding hydrogens is 352 g/mol. The van der Waals surface area contributed by atoms with Gasteiger partial charge in [-0.25, -0.2) is 9.97 Å². The van der Waals surface area contributed by atoms with Gasteiger partial charge in [0.25, 0.3) is 5.91 Å². The normalized spacial score (nSPS) is 10.3. The highest BCUT2D eigenvalue weighted by Crippen LogP contribution is 2.28. The number of hydrogen-bond acceptors (Lipinski definition) is 5. The summed E-state index contributed by atoms with van der Waals surface area (Å²) >= 11 is 5.97. The number of ether oxygens (including phenoxy) is 1. The molecule has 0 unspecified atom stereocenters. The molecule has 2 N–H and O–H groups in total. The molecule has 0 spiro atoms. The molecule has 6 nitrogen and oxygen atoms in total. The van der Waals surface area contributed by atoms with Crippen LogP contribution in [0.5, 0.6) is 5.75 Å². The average molecular weight is 369 g/mol. The van der Waals surface area contributed by atoms with Gasteiger partial charge in [0.05, 0.1) is 18.4 Å². The van der Waals surface area contributed by atoms with E-state index in [1.165, 1.54) is 19.5 Å². The second-order valence-electron chi connectivity index (χ2n) is 5.59. The third kappa shape index (κ3) is 4.29. The molecule has 1 amide bonds. The number of nitrogens with one attached hydrogen (secondary N) is 2. The first-order valence-electron chi connectivity index (χ1n) is 7.86. The lowest BCUT2D eigenvalue weighted by Crippen LogP contribution is -2.13. The zero-order chi connectivity index (χ0) is 18.5. The largest absolute Gasteiger partial charge is 0.495 e. The van der Waals surface area contributed by atoms with E-state index in [0.29, 0.717) is 28.0 Å². The van der Waals surface area contributed by atoms with Gasteiger partial charge >= 0.3 is 0 Å². The summed E-state index contributed by atoms with van der Waals surface area (Å²) in [5.74, 6) is 0.571. The van der Waals surface area contributed by atoms with Crippen molar-refractivity contribution < 1.29 is 9.53 Å². The summed E-state index contributed by atoms with van der Waals surface area (Å²) in [6.45, 7) is 2.00. The lowest BCUT2D eigenvalue weighted by atomic mass is 10.2. The Kier molecular flexibility index (Phi) is 5.34. The molecule has 7 heteroatoms. The van der Waals surface area contributed by atoms with E-state index in [1.807, 2.05) is 31.2 Å². The Morgan fingerprint density at radius 3 is 2.58 bits per heavy atom. The molecule has 0 saturated carbocycles. The summed E-state index contributed by atoms with van der Waals surface area (Å²) in [6.07, 6.45) is 2.91. The summed E-state index contributed by atoms with van der Waals surface area (Å²) in [4.78, 5) is 20.8. The molecule has 2 aromatic carbocycles. The molecule has 3 rings (SSSR count). The predicted octanol–water partition coefficient (Wildman–Crippen LogP) is 4.44. The third-order valence-electron chi connectivity index (χ3n) is 3.60. The molecule has 132 valence electrons. The molecule has 3 aromatic rings. The Labute approximate surface area is 156 Å². The van der Waals surface area contributed by atoms with Gasteiger partial charge in [-0.1, -0.05) is 23.7 Å². The number of anilines is 3. The van der Waals surface area contributed by atoms with Gasteiger partial charge in [-0.15, -0.1) is 0 Å². The van der Waals surface area contributed by atoms with Crippen LogP contribution in [0.3, 0.4) is 0 Å². The molecule has 0 aliphatic heterocycles. The minimum absolute atomic E-state index is 0.321. The lowest BCUT2D eigenvalue weighted by molar-refractivity contribution is 0.102. The van der Waals surface area contributed by atoms with Crippen LogP contribution in [-0.2, 0) is 0 Å². The van der Waals surface area contributed by atoms with E-state index in [4.69, 9.17) is 16.3 Å². The maximum Gasteiger partial charge on any atom is 0.258 e. The van der Waals surface area contributed by atoms with Crippen LogP contribution in [0.2, 0.25) is 5.02 Å². The number of carbonyl (C=O) groups excluding carboxylic acids is 1. The van der Waals surface area contributed by atoms with Crippen LogP contribution < -0.4 is 15.4 Å². The first-order chi connectivity index (χ1) is 12.5. The average Bonchev–Trinajstić information content (AvgIpc) is 2.62. The molecule has 0 radical (unpaired) electrons. The van der Waals surface area contributed by atoms with E-state index in [0.717, 1.165) is 11.3 Å². The van der Waals surface area contributed by atoms with E-state index in [1.54, 1.807) is 18.2 Å². The van der Waals surface area contributed by atoms with Crippen LogP contribution >= 0.6 is 11.6 Å². The number of benzene rings is 2. The topological polar surface area (TPSA) is 76.1 Å². The first-order valence-corrected chi connectivity index (χ1v) is 8.23. The van der Waals surface area contributed by atoms with Gasteiger partial charge in [-0.05, 0) is 42.8 Å². The van der Waals surface area contributed by atoms with Crippen LogP contribution in [-0.4, -0.2) is 23.0 Å².